The van der Waals surface area contributed by atoms with E-state index in [9.17, 15) is 8.42 Å². The molecule has 0 aliphatic carbocycles. The Balaban J connectivity index is 1.74. The van der Waals surface area contributed by atoms with E-state index in [1.807, 2.05) is 43.3 Å². The van der Waals surface area contributed by atoms with E-state index in [0.717, 1.165) is 24.3 Å². The molecule has 0 aliphatic heterocycles. The van der Waals surface area contributed by atoms with Crippen LogP contribution in [0.3, 0.4) is 0 Å². The fraction of sp³-hybridized carbons (Fsp3) is 0.182. The van der Waals surface area contributed by atoms with Gasteiger partial charge >= 0.3 is 0 Å². The highest BCUT2D eigenvalue weighted by Crippen LogP contribution is 2.22. The van der Waals surface area contributed by atoms with Crippen molar-refractivity contribution in [2.45, 2.75) is 25.3 Å². The molecule has 1 N–H and O–H groups in total. The molecule has 0 heterocycles. The molecule has 0 bridgehead atoms. The Morgan fingerprint density at radius 1 is 0.889 bits per heavy atom. The molecule has 0 aromatic heterocycles. The maximum absolute atomic E-state index is 12.5. The Kier molecular flexibility index (Phi) is 5.81. The normalized spacial score (nSPS) is 11.2. The summed E-state index contributed by atoms with van der Waals surface area (Å²) < 4.78 is 27.7. The molecule has 27 heavy (non-hydrogen) atoms. The molecule has 0 radical (unpaired) electrons. The van der Waals surface area contributed by atoms with Crippen LogP contribution in [0, 0.1) is 6.92 Å². The van der Waals surface area contributed by atoms with Crippen LogP contribution >= 0.6 is 0 Å². The Bertz CT molecular complexity index is 984. The molecule has 0 aliphatic rings. The van der Waals surface area contributed by atoms with Crippen molar-refractivity contribution in [3.8, 4) is 0 Å². The Morgan fingerprint density at radius 2 is 1.59 bits per heavy atom. The van der Waals surface area contributed by atoms with Gasteiger partial charge in [-0.05, 0) is 61.4 Å². The fourth-order valence-corrected chi connectivity index (χ4v) is 4.09. The van der Waals surface area contributed by atoms with Crippen LogP contribution in [0.4, 0.5) is 11.4 Å². The van der Waals surface area contributed by atoms with Crippen LogP contribution < -0.4 is 9.62 Å². The summed E-state index contributed by atoms with van der Waals surface area (Å²) in [6, 6.07) is 24.7. The summed E-state index contributed by atoms with van der Waals surface area (Å²) >= 11 is 0. The van der Waals surface area contributed by atoms with Gasteiger partial charge in [0.1, 0.15) is 0 Å². The number of nitrogens with zero attached hydrogens (tertiary/aromatic N) is 1. The van der Waals surface area contributed by atoms with E-state index in [1.165, 1.54) is 5.56 Å². The minimum Gasteiger partial charge on any atom is -0.367 e. The zero-order valence-electron chi connectivity index (χ0n) is 15.6. The Morgan fingerprint density at radius 3 is 2.22 bits per heavy atom. The van der Waals surface area contributed by atoms with Gasteiger partial charge < -0.3 is 4.90 Å². The minimum atomic E-state index is -3.59. The van der Waals surface area contributed by atoms with Gasteiger partial charge in [-0.2, -0.15) is 0 Å². The van der Waals surface area contributed by atoms with Gasteiger partial charge in [0.05, 0.1) is 4.90 Å². The number of sulfonamides is 1. The van der Waals surface area contributed by atoms with Crippen LogP contribution in [-0.2, 0) is 16.6 Å². The molecule has 5 heteroatoms. The van der Waals surface area contributed by atoms with E-state index < -0.39 is 10.0 Å². The van der Waals surface area contributed by atoms with E-state index in [-0.39, 0.29) is 4.90 Å². The second kappa shape index (κ2) is 8.27. The first kappa shape index (κ1) is 19.0. The van der Waals surface area contributed by atoms with Crippen molar-refractivity contribution in [3.05, 3.63) is 90.0 Å². The predicted molar refractivity (Wildman–Crippen MR) is 112 cm³/mol. The Hall–Kier alpha value is -2.79. The summed E-state index contributed by atoms with van der Waals surface area (Å²) in [5, 5.41) is 0. The highest BCUT2D eigenvalue weighted by Gasteiger charge is 2.14. The van der Waals surface area contributed by atoms with E-state index in [1.54, 1.807) is 30.3 Å². The third-order valence-electron chi connectivity index (χ3n) is 4.38. The molecule has 3 rings (SSSR count). The quantitative estimate of drug-likeness (QED) is 0.639. The maximum atomic E-state index is 12.5. The third-order valence-corrected chi connectivity index (χ3v) is 5.76. The molecule has 0 saturated heterocycles. The first-order valence-electron chi connectivity index (χ1n) is 8.96. The van der Waals surface area contributed by atoms with E-state index in [4.69, 9.17) is 0 Å². The molecule has 0 saturated carbocycles. The van der Waals surface area contributed by atoms with Gasteiger partial charge in [0.25, 0.3) is 10.0 Å². The summed E-state index contributed by atoms with van der Waals surface area (Å²) in [6.07, 6.45) is 0. The third kappa shape index (κ3) is 4.89. The van der Waals surface area contributed by atoms with Crippen molar-refractivity contribution in [2.24, 2.45) is 0 Å². The standard InChI is InChI=1S/C22H24N2O2S/c1-3-24(17-19-9-5-4-6-10-19)21-14-12-20(13-15-21)23-27(25,26)22-11-7-8-18(2)16-22/h4-16,23H,3,17H2,1-2H3. The van der Waals surface area contributed by atoms with Gasteiger partial charge in [0.2, 0.25) is 0 Å². The number of rotatable bonds is 7. The monoisotopic (exact) mass is 380 g/mol. The SMILES string of the molecule is CCN(Cc1ccccc1)c1ccc(NS(=O)(=O)c2cccc(C)c2)cc1. The van der Waals surface area contributed by atoms with Crippen LogP contribution in [0.2, 0.25) is 0 Å². The molecule has 0 atom stereocenters. The minimum absolute atomic E-state index is 0.269. The largest absolute Gasteiger partial charge is 0.367 e. The smallest absolute Gasteiger partial charge is 0.261 e. The Labute approximate surface area is 161 Å². The number of anilines is 2. The van der Waals surface area contributed by atoms with Gasteiger partial charge in [0.15, 0.2) is 0 Å². The molecule has 3 aromatic rings. The lowest BCUT2D eigenvalue weighted by molar-refractivity contribution is 0.601. The van der Waals surface area contributed by atoms with Crippen molar-refractivity contribution in [1.29, 1.82) is 0 Å². The van der Waals surface area contributed by atoms with Crippen molar-refractivity contribution in [2.75, 3.05) is 16.2 Å². The van der Waals surface area contributed by atoms with Gasteiger partial charge in [-0.15, -0.1) is 0 Å². The molecular weight excluding hydrogens is 356 g/mol. The first-order valence-corrected chi connectivity index (χ1v) is 10.4. The molecule has 0 unspecified atom stereocenters. The van der Waals surface area contributed by atoms with Crippen LogP contribution in [0.25, 0.3) is 0 Å². The van der Waals surface area contributed by atoms with Crippen molar-refractivity contribution in [1.82, 2.24) is 0 Å². The number of hydrogen-bond acceptors (Lipinski definition) is 3. The van der Waals surface area contributed by atoms with Crippen molar-refractivity contribution in [3.63, 3.8) is 0 Å². The average Bonchev–Trinajstić information content (AvgIpc) is 2.67. The number of benzene rings is 3. The highest BCUT2D eigenvalue weighted by molar-refractivity contribution is 7.92. The zero-order chi connectivity index (χ0) is 19.3. The number of hydrogen-bond donors (Lipinski definition) is 1. The lowest BCUT2D eigenvalue weighted by atomic mass is 10.2. The van der Waals surface area contributed by atoms with Crippen LogP contribution in [-0.4, -0.2) is 15.0 Å². The van der Waals surface area contributed by atoms with Crippen LogP contribution in [0.1, 0.15) is 18.1 Å². The lowest BCUT2D eigenvalue weighted by Crippen LogP contribution is -2.22. The zero-order valence-corrected chi connectivity index (χ0v) is 16.4. The van der Waals surface area contributed by atoms with E-state index in [0.29, 0.717) is 5.69 Å². The summed E-state index contributed by atoms with van der Waals surface area (Å²) in [6.45, 7) is 5.66. The molecule has 140 valence electrons. The molecule has 0 amide bonds. The van der Waals surface area contributed by atoms with Crippen LogP contribution in [0.15, 0.2) is 83.8 Å². The van der Waals surface area contributed by atoms with Crippen molar-refractivity contribution < 1.29 is 8.42 Å². The fourth-order valence-electron chi connectivity index (χ4n) is 2.93. The van der Waals surface area contributed by atoms with Gasteiger partial charge in [-0.1, -0.05) is 42.5 Å². The number of nitrogens with one attached hydrogen (secondary N) is 1. The van der Waals surface area contributed by atoms with Crippen LogP contribution in [0.5, 0.6) is 0 Å². The van der Waals surface area contributed by atoms with E-state index in [2.05, 4.69) is 28.7 Å². The molecular formula is C22H24N2O2S. The number of aryl methyl sites for hydroxylation is 1. The summed E-state index contributed by atoms with van der Waals surface area (Å²) in [5.74, 6) is 0. The maximum Gasteiger partial charge on any atom is 0.261 e. The molecule has 3 aromatic carbocycles. The lowest BCUT2D eigenvalue weighted by Gasteiger charge is -2.23. The molecule has 4 nitrogen and oxygen atoms in total. The first-order chi connectivity index (χ1) is 13.0. The average molecular weight is 381 g/mol. The van der Waals surface area contributed by atoms with Gasteiger partial charge in [-0.25, -0.2) is 8.42 Å². The molecule has 0 spiro atoms. The van der Waals surface area contributed by atoms with E-state index >= 15 is 0 Å². The summed E-state index contributed by atoms with van der Waals surface area (Å²) in [4.78, 5) is 2.51. The molecule has 0 fully saturated rings. The second-order valence-corrected chi connectivity index (χ2v) is 8.15. The summed E-state index contributed by atoms with van der Waals surface area (Å²) in [5.41, 5.74) is 3.76. The van der Waals surface area contributed by atoms with Gasteiger partial charge in [0, 0.05) is 24.5 Å². The second-order valence-electron chi connectivity index (χ2n) is 6.47. The van der Waals surface area contributed by atoms with Crippen molar-refractivity contribution >= 4 is 21.4 Å². The van der Waals surface area contributed by atoms with Gasteiger partial charge in [-0.3, -0.25) is 4.72 Å². The highest BCUT2D eigenvalue weighted by atomic mass is 32.2. The predicted octanol–water partition coefficient (Wildman–Crippen LogP) is 4.82. The summed E-state index contributed by atoms with van der Waals surface area (Å²) in [7, 11) is -3.59. The topological polar surface area (TPSA) is 49.4 Å².